The van der Waals surface area contributed by atoms with Crippen molar-refractivity contribution >= 4 is 11.6 Å². The third-order valence-electron chi connectivity index (χ3n) is 3.28. The number of esters is 1. The normalized spacial score (nSPS) is 11.0. The highest BCUT2D eigenvalue weighted by atomic mass is 16.5. The van der Waals surface area contributed by atoms with E-state index < -0.39 is 5.97 Å². The van der Waals surface area contributed by atoms with Gasteiger partial charge in [-0.2, -0.15) is 0 Å². The van der Waals surface area contributed by atoms with Gasteiger partial charge in [-0.25, -0.2) is 14.5 Å². The highest BCUT2D eigenvalue weighted by molar-refractivity contribution is 5.88. The standard InChI is InChI=1S/C14H15N5O2/c1-3-11-13(14(20)21-2)16-17-19(11)9-10-8-18-7-5-4-6-12(18)15-10/h4-8H,3,9H2,1-2H3. The lowest BCUT2D eigenvalue weighted by atomic mass is 10.2. The Morgan fingerprint density at radius 3 is 2.95 bits per heavy atom. The van der Waals surface area contributed by atoms with Gasteiger partial charge in [0.05, 0.1) is 25.0 Å². The topological polar surface area (TPSA) is 74.3 Å². The fourth-order valence-corrected chi connectivity index (χ4v) is 2.28. The first-order valence-corrected chi connectivity index (χ1v) is 6.66. The van der Waals surface area contributed by atoms with Gasteiger partial charge in [-0.3, -0.25) is 0 Å². The smallest absolute Gasteiger partial charge is 0.360 e. The molecule has 7 heteroatoms. The van der Waals surface area contributed by atoms with Gasteiger partial charge >= 0.3 is 5.97 Å². The molecule has 3 aromatic heterocycles. The maximum absolute atomic E-state index is 11.6. The lowest BCUT2D eigenvalue weighted by Gasteiger charge is -2.03. The van der Waals surface area contributed by atoms with Crippen LogP contribution >= 0.6 is 0 Å². The third-order valence-corrected chi connectivity index (χ3v) is 3.28. The number of carbonyl (C=O) groups excluding carboxylic acids is 1. The highest BCUT2D eigenvalue weighted by Crippen LogP contribution is 2.11. The Morgan fingerprint density at radius 1 is 1.38 bits per heavy atom. The molecule has 3 heterocycles. The maximum Gasteiger partial charge on any atom is 0.360 e. The predicted molar refractivity (Wildman–Crippen MR) is 75.0 cm³/mol. The first-order chi connectivity index (χ1) is 10.2. The zero-order valence-electron chi connectivity index (χ0n) is 11.9. The van der Waals surface area contributed by atoms with Crippen molar-refractivity contribution < 1.29 is 9.53 Å². The molecule has 0 atom stereocenters. The van der Waals surface area contributed by atoms with Crippen molar-refractivity contribution in [3.8, 4) is 0 Å². The van der Waals surface area contributed by atoms with Crippen LogP contribution in [0, 0.1) is 0 Å². The van der Waals surface area contributed by atoms with Crippen molar-refractivity contribution in [1.29, 1.82) is 0 Å². The number of nitrogens with zero attached hydrogens (tertiary/aromatic N) is 5. The Balaban J connectivity index is 1.94. The molecule has 0 unspecified atom stereocenters. The molecule has 0 saturated carbocycles. The summed E-state index contributed by atoms with van der Waals surface area (Å²) in [6.45, 7) is 2.42. The van der Waals surface area contributed by atoms with Crippen LogP contribution in [-0.4, -0.2) is 37.5 Å². The Bertz CT molecular complexity index is 757. The summed E-state index contributed by atoms with van der Waals surface area (Å²) in [6, 6.07) is 5.82. The molecule has 0 aliphatic carbocycles. The molecule has 21 heavy (non-hydrogen) atoms. The summed E-state index contributed by atoms with van der Waals surface area (Å²) in [5.41, 5.74) is 2.75. The number of fused-ring (bicyclic) bond motifs is 1. The molecule has 0 aliphatic heterocycles. The summed E-state index contributed by atoms with van der Waals surface area (Å²) in [5, 5.41) is 7.95. The number of pyridine rings is 1. The van der Waals surface area contributed by atoms with Crippen LogP contribution in [0.25, 0.3) is 5.65 Å². The summed E-state index contributed by atoms with van der Waals surface area (Å²) >= 11 is 0. The summed E-state index contributed by atoms with van der Waals surface area (Å²) in [5.74, 6) is -0.465. The summed E-state index contributed by atoms with van der Waals surface area (Å²) in [4.78, 5) is 16.2. The van der Waals surface area contributed by atoms with Gasteiger partial charge in [-0.1, -0.05) is 18.2 Å². The first kappa shape index (κ1) is 13.3. The van der Waals surface area contributed by atoms with E-state index in [9.17, 15) is 4.79 Å². The van der Waals surface area contributed by atoms with Gasteiger partial charge in [0, 0.05) is 12.4 Å². The molecule has 0 fully saturated rings. The van der Waals surface area contributed by atoms with E-state index in [-0.39, 0.29) is 5.69 Å². The van der Waals surface area contributed by atoms with Gasteiger partial charge in [-0.05, 0) is 18.6 Å². The second kappa shape index (κ2) is 5.35. The third kappa shape index (κ3) is 2.37. The van der Waals surface area contributed by atoms with Crippen molar-refractivity contribution in [2.75, 3.05) is 7.11 Å². The maximum atomic E-state index is 11.6. The van der Waals surface area contributed by atoms with Crippen molar-refractivity contribution in [3.05, 3.63) is 47.7 Å². The number of hydrogen-bond donors (Lipinski definition) is 0. The van der Waals surface area contributed by atoms with Crippen LogP contribution in [0.1, 0.15) is 28.8 Å². The zero-order valence-corrected chi connectivity index (χ0v) is 11.9. The Morgan fingerprint density at radius 2 is 2.24 bits per heavy atom. The van der Waals surface area contributed by atoms with Gasteiger partial charge in [0.25, 0.3) is 0 Å². The molecular weight excluding hydrogens is 270 g/mol. The molecule has 0 saturated heterocycles. The molecule has 108 valence electrons. The molecule has 0 bridgehead atoms. The van der Waals surface area contributed by atoms with Crippen LogP contribution in [0.5, 0.6) is 0 Å². The van der Waals surface area contributed by atoms with Gasteiger partial charge in [0.1, 0.15) is 5.65 Å². The molecule has 0 aromatic carbocycles. The molecule has 0 spiro atoms. The van der Waals surface area contributed by atoms with Crippen molar-refractivity contribution in [1.82, 2.24) is 24.4 Å². The summed E-state index contributed by atoms with van der Waals surface area (Å²) in [7, 11) is 1.34. The van der Waals surface area contributed by atoms with Crippen LogP contribution in [0.4, 0.5) is 0 Å². The number of hydrogen-bond acceptors (Lipinski definition) is 5. The predicted octanol–water partition coefficient (Wildman–Crippen LogP) is 1.32. The van der Waals surface area contributed by atoms with E-state index in [1.54, 1.807) is 4.68 Å². The van der Waals surface area contributed by atoms with Gasteiger partial charge in [0.2, 0.25) is 0 Å². The van der Waals surface area contributed by atoms with E-state index >= 15 is 0 Å². The highest BCUT2D eigenvalue weighted by Gasteiger charge is 2.19. The number of rotatable bonds is 4. The molecular formula is C14H15N5O2. The fourth-order valence-electron chi connectivity index (χ4n) is 2.28. The lowest BCUT2D eigenvalue weighted by molar-refractivity contribution is 0.0592. The van der Waals surface area contributed by atoms with Crippen molar-refractivity contribution in [2.24, 2.45) is 0 Å². The lowest BCUT2D eigenvalue weighted by Crippen LogP contribution is -2.10. The Labute approximate surface area is 121 Å². The zero-order chi connectivity index (χ0) is 14.8. The first-order valence-electron chi connectivity index (χ1n) is 6.66. The molecule has 0 N–H and O–H groups in total. The van der Waals surface area contributed by atoms with E-state index in [1.165, 1.54) is 7.11 Å². The van der Waals surface area contributed by atoms with Crippen molar-refractivity contribution in [3.63, 3.8) is 0 Å². The molecule has 0 aliphatic rings. The second-order valence-electron chi connectivity index (χ2n) is 4.59. The van der Waals surface area contributed by atoms with E-state index in [0.717, 1.165) is 17.0 Å². The minimum Gasteiger partial charge on any atom is -0.464 e. The second-order valence-corrected chi connectivity index (χ2v) is 4.59. The van der Waals surface area contributed by atoms with Gasteiger partial charge < -0.3 is 9.14 Å². The van der Waals surface area contributed by atoms with E-state index in [4.69, 9.17) is 4.74 Å². The van der Waals surface area contributed by atoms with Gasteiger partial charge in [0.15, 0.2) is 5.69 Å². The number of methoxy groups -OCH3 is 1. The van der Waals surface area contributed by atoms with E-state index in [0.29, 0.717) is 13.0 Å². The number of imidazole rings is 1. The molecule has 7 nitrogen and oxygen atoms in total. The number of ether oxygens (including phenoxy) is 1. The molecule has 0 radical (unpaired) electrons. The van der Waals surface area contributed by atoms with Crippen molar-refractivity contribution in [2.45, 2.75) is 19.9 Å². The van der Waals surface area contributed by atoms with E-state index in [2.05, 4.69) is 15.3 Å². The summed E-state index contributed by atoms with van der Waals surface area (Å²) < 4.78 is 8.35. The van der Waals surface area contributed by atoms with Crippen LogP contribution in [0.2, 0.25) is 0 Å². The minimum atomic E-state index is -0.465. The average molecular weight is 285 g/mol. The van der Waals surface area contributed by atoms with Crippen LogP contribution < -0.4 is 0 Å². The van der Waals surface area contributed by atoms with Crippen LogP contribution in [-0.2, 0) is 17.7 Å². The Kier molecular flexibility index (Phi) is 3.39. The molecule has 3 aromatic rings. The number of carbonyl (C=O) groups is 1. The average Bonchev–Trinajstić information content (AvgIpc) is 3.09. The van der Waals surface area contributed by atoms with E-state index in [1.807, 2.05) is 41.9 Å². The van der Waals surface area contributed by atoms with Crippen LogP contribution in [0.15, 0.2) is 30.6 Å². The largest absolute Gasteiger partial charge is 0.464 e. The fraction of sp³-hybridized carbons (Fsp3) is 0.286. The van der Waals surface area contributed by atoms with Gasteiger partial charge in [-0.15, -0.1) is 5.10 Å². The summed E-state index contributed by atoms with van der Waals surface area (Å²) in [6.07, 6.45) is 4.52. The minimum absolute atomic E-state index is 0.267. The number of aromatic nitrogens is 5. The monoisotopic (exact) mass is 285 g/mol. The Hall–Kier alpha value is -2.70. The molecule has 0 amide bonds. The quantitative estimate of drug-likeness (QED) is 0.676. The molecule has 3 rings (SSSR count). The van der Waals surface area contributed by atoms with Crippen LogP contribution in [0.3, 0.4) is 0 Å². The SMILES string of the molecule is CCc1c(C(=O)OC)nnn1Cc1cn2ccccc2n1.